The van der Waals surface area contributed by atoms with E-state index in [1.165, 1.54) is 12.1 Å². The summed E-state index contributed by atoms with van der Waals surface area (Å²) in [5, 5.41) is 11.0. The lowest BCUT2D eigenvalue weighted by atomic mass is 9.98. The quantitative estimate of drug-likeness (QED) is 0.521. The van der Waals surface area contributed by atoms with Gasteiger partial charge in [0.05, 0.1) is 11.1 Å². The molecule has 0 aliphatic carbocycles. The van der Waals surface area contributed by atoms with Crippen molar-refractivity contribution in [3.05, 3.63) is 64.6 Å². The molecule has 4 nitrogen and oxygen atoms in total. The lowest BCUT2D eigenvalue weighted by Gasteiger charge is -2.12. The number of rotatable bonds is 2. The zero-order valence-electron chi connectivity index (χ0n) is 10.0. The topological polar surface area (TPSA) is 70.0 Å². The summed E-state index contributed by atoms with van der Waals surface area (Å²) in [6.07, 6.45) is -2.72. The molecule has 2 N–H and O–H groups in total. The Hall–Kier alpha value is -2.57. The fraction of sp³-hybridized carbons (Fsp3) is 0.0769. The van der Waals surface area contributed by atoms with Crippen molar-refractivity contribution < 1.29 is 22.7 Å². The number of nitrogens with zero attached hydrogens (tertiary/aromatic N) is 1. The van der Waals surface area contributed by atoms with Crippen molar-refractivity contribution >= 4 is 11.5 Å². The fourth-order valence-electron chi connectivity index (χ4n) is 1.77. The lowest BCUT2D eigenvalue weighted by molar-refractivity contribution is -0.604. The summed E-state index contributed by atoms with van der Waals surface area (Å²) in [5.74, 6) is -0.879. The molecule has 2 aromatic rings. The van der Waals surface area contributed by atoms with Crippen molar-refractivity contribution in [2.24, 2.45) is 0 Å². The van der Waals surface area contributed by atoms with E-state index >= 15 is 0 Å². The van der Waals surface area contributed by atoms with Crippen LogP contribution in [0, 0.1) is 5.21 Å². The van der Waals surface area contributed by atoms with Crippen LogP contribution in [0.3, 0.4) is 0 Å². The number of nitrogen functional groups attached to an aromatic ring is 1. The minimum Gasteiger partial charge on any atom is -0.619 e. The van der Waals surface area contributed by atoms with Crippen molar-refractivity contribution in [1.29, 1.82) is 0 Å². The number of ketones is 1. The molecule has 0 spiro atoms. The van der Waals surface area contributed by atoms with Crippen LogP contribution >= 0.6 is 0 Å². The smallest absolute Gasteiger partial charge is 0.417 e. The zero-order chi connectivity index (χ0) is 14.9. The van der Waals surface area contributed by atoms with Crippen molar-refractivity contribution in [3.8, 4) is 0 Å². The van der Waals surface area contributed by atoms with Gasteiger partial charge < -0.3 is 10.9 Å². The van der Waals surface area contributed by atoms with Crippen LogP contribution in [0.15, 0.2) is 42.7 Å². The number of nitrogens with two attached hydrogens (primary N) is 1. The molecule has 2 rings (SSSR count). The molecular formula is C13H9F3N2O2. The number of aromatic nitrogens is 1. The first-order chi connectivity index (χ1) is 9.30. The molecule has 0 amide bonds. The van der Waals surface area contributed by atoms with Gasteiger partial charge in [0.2, 0.25) is 6.20 Å². The summed E-state index contributed by atoms with van der Waals surface area (Å²) in [7, 11) is 0. The Morgan fingerprint density at radius 3 is 2.40 bits per heavy atom. The normalized spacial score (nSPS) is 11.3. The number of benzene rings is 1. The number of alkyl halides is 3. The third kappa shape index (κ3) is 2.56. The van der Waals surface area contributed by atoms with Crippen LogP contribution in [-0.4, -0.2) is 5.78 Å². The summed E-state index contributed by atoms with van der Waals surface area (Å²) < 4.78 is 38.9. The number of hydrogen-bond acceptors (Lipinski definition) is 3. The summed E-state index contributed by atoms with van der Waals surface area (Å²) in [6.45, 7) is 0. The van der Waals surface area contributed by atoms with Crippen LogP contribution in [0.4, 0.5) is 18.9 Å². The van der Waals surface area contributed by atoms with Crippen LogP contribution in [0.25, 0.3) is 0 Å². The summed E-state index contributed by atoms with van der Waals surface area (Å²) in [4.78, 5) is 12.2. The highest BCUT2D eigenvalue weighted by atomic mass is 19.4. The Balaban J connectivity index is 2.55. The Labute approximate surface area is 111 Å². The van der Waals surface area contributed by atoms with Gasteiger partial charge >= 0.3 is 6.18 Å². The standard InChI is InChI=1S/C13H9F3N2O2/c14-13(15,16)10-4-2-1-3-8(10)12(19)9-5-6-18(20)7-11(9)17/h1-7H,17H2. The van der Waals surface area contributed by atoms with Gasteiger partial charge in [-0.15, -0.1) is 0 Å². The van der Waals surface area contributed by atoms with E-state index in [1.54, 1.807) is 0 Å². The molecule has 0 radical (unpaired) electrons. The number of carbonyl (C=O) groups is 1. The first-order valence-electron chi connectivity index (χ1n) is 5.50. The first-order valence-corrected chi connectivity index (χ1v) is 5.50. The third-order valence-corrected chi connectivity index (χ3v) is 2.69. The molecule has 20 heavy (non-hydrogen) atoms. The minimum absolute atomic E-state index is 0.145. The molecule has 0 atom stereocenters. The van der Waals surface area contributed by atoms with Gasteiger partial charge in [-0.3, -0.25) is 4.79 Å². The highest BCUT2D eigenvalue weighted by Gasteiger charge is 2.35. The molecule has 1 heterocycles. The number of halogens is 3. The second-order valence-electron chi connectivity index (χ2n) is 4.05. The van der Waals surface area contributed by atoms with Crippen LogP contribution < -0.4 is 10.5 Å². The van der Waals surface area contributed by atoms with Gasteiger partial charge in [0.15, 0.2) is 12.0 Å². The second kappa shape index (κ2) is 4.84. The molecule has 0 bridgehead atoms. The lowest BCUT2D eigenvalue weighted by Crippen LogP contribution is -2.26. The van der Waals surface area contributed by atoms with E-state index in [9.17, 15) is 23.2 Å². The number of hydrogen-bond donors (Lipinski definition) is 1. The van der Waals surface area contributed by atoms with Gasteiger partial charge in [0.1, 0.15) is 5.69 Å². The molecule has 7 heteroatoms. The molecule has 1 aromatic carbocycles. The number of pyridine rings is 1. The van der Waals surface area contributed by atoms with Gasteiger partial charge in [-0.25, -0.2) is 0 Å². The predicted molar refractivity (Wildman–Crippen MR) is 64.7 cm³/mol. The molecule has 0 aliphatic rings. The Morgan fingerprint density at radius 1 is 1.15 bits per heavy atom. The molecule has 0 saturated carbocycles. The van der Waals surface area contributed by atoms with E-state index < -0.39 is 23.1 Å². The maximum Gasteiger partial charge on any atom is 0.417 e. The van der Waals surface area contributed by atoms with Gasteiger partial charge in [0.25, 0.3) is 0 Å². The SMILES string of the molecule is Nc1c[n+]([O-])ccc1C(=O)c1ccccc1C(F)(F)F. The van der Waals surface area contributed by atoms with Gasteiger partial charge in [-0.2, -0.15) is 17.9 Å². The zero-order valence-corrected chi connectivity index (χ0v) is 10.0. The van der Waals surface area contributed by atoms with E-state index in [0.717, 1.165) is 30.6 Å². The first kappa shape index (κ1) is 13.9. The van der Waals surface area contributed by atoms with E-state index in [4.69, 9.17) is 5.73 Å². The third-order valence-electron chi connectivity index (χ3n) is 2.69. The van der Waals surface area contributed by atoms with Crippen LogP contribution in [0.5, 0.6) is 0 Å². The summed E-state index contributed by atoms with van der Waals surface area (Å²) in [6, 6.07) is 5.51. The largest absolute Gasteiger partial charge is 0.619 e. The van der Waals surface area contributed by atoms with Gasteiger partial charge in [-0.05, 0) is 6.07 Å². The molecule has 0 fully saturated rings. The maximum absolute atomic E-state index is 12.9. The molecular weight excluding hydrogens is 273 g/mol. The van der Waals surface area contributed by atoms with Crippen LogP contribution in [0.2, 0.25) is 0 Å². The predicted octanol–water partition coefficient (Wildman–Crippen LogP) is 2.15. The molecule has 1 aromatic heterocycles. The molecule has 0 saturated heterocycles. The fourth-order valence-corrected chi connectivity index (χ4v) is 1.77. The Kier molecular flexibility index (Phi) is 3.35. The Bertz CT molecular complexity index is 669. The van der Waals surface area contributed by atoms with Crippen molar-refractivity contribution in [2.45, 2.75) is 6.18 Å². The van der Waals surface area contributed by atoms with E-state index in [-0.39, 0.29) is 11.3 Å². The Morgan fingerprint density at radius 2 is 1.80 bits per heavy atom. The van der Waals surface area contributed by atoms with Crippen LogP contribution in [-0.2, 0) is 6.18 Å². The highest BCUT2D eigenvalue weighted by molar-refractivity contribution is 6.12. The number of carbonyl (C=O) groups excluding carboxylic acids is 1. The van der Waals surface area contributed by atoms with Gasteiger partial charge in [0, 0.05) is 11.6 Å². The average molecular weight is 282 g/mol. The maximum atomic E-state index is 12.9. The molecule has 0 unspecified atom stereocenters. The van der Waals surface area contributed by atoms with E-state index in [2.05, 4.69) is 0 Å². The highest BCUT2D eigenvalue weighted by Crippen LogP contribution is 2.33. The minimum atomic E-state index is -4.64. The van der Waals surface area contributed by atoms with E-state index in [0.29, 0.717) is 4.73 Å². The molecule has 0 aliphatic heterocycles. The van der Waals surface area contributed by atoms with Crippen molar-refractivity contribution in [2.75, 3.05) is 5.73 Å². The van der Waals surface area contributed by atoms with E-state index in [1.807, 2.05) is 0 Å². The van der Waals surface area contributed by atoms with Crippen molar-refractivity contribution in [3.63, 3.8) is 0 Å². The average Bonchev–Trinajstić information content (AvgIpc) is 2.37. The summed E-state index contributed by atoms with van der Waals surface area (Å²) >= 11 is 0. The summed E-state index contributed by atoms with van der Waals surface area (Å²) in [5.41, 5.74) is 3.63. The monoisotopic (exact) mass is 282 g/mol. The van der Waals surface area contributed by atoms with Crippen LogP contribution in [0.1, 0.15) is 21.5 Å². The van der Waals surface area contributed by atoms with Gasteiger partial charge in [-0.1, -0.05) is 18.2 Å². The van der Waals surface area contributed by atoms with Crippen molar-refractivity contribution in [1.82, 2.24) is 0 Å². The number of anilines is 1. The second-order valence-corrected chi connectivity index (χ2v) is 4.05. The molecule has 104 valence electrons.